The van der Waals surface area contributed by atoms with E-state index in [0.29, 0.717) is 11.8 Å². The monoisotopic (exact) mass is 269 g/mol. The molecule has 4 aliphatic carbocycles. The first kappa shape index (κ1) is 13.8. The van der Waals surface area contributed by atoms with E-state index in [4.69, 9.17) is 0 Å². The standard InChI is InChI=1S/C15H27NO3/c1-10(16-13(7-17)8-18)14-3-11-2-12(4-14)6-15(19,5-11)9-14/h10-13,16-19H,2-9H2,1H3/t10-,11-,12+,14?,15?/m1/s1. The van der Waals surface area contributed by atoms with Crippen molar-refractivity contribution in [3.8, 4) is 0 Å². The van der Waals surface area contributed by atoms with Gasteiger partial charge in [0.2, 0.25) is 0 Å². The molecular formula is C15H27NO3. The second-order valence-corrected chi connectivity index (χ2v) is 7.50. The Balaban J connectivity index is 1.76. The van der Waals surface area contributed by atoms with Crippen molar-refractivity contribution < 1.29 is 15.3 Å². The maximum atomic E-state index is 10.7. The van der Waals surface area contributed by atoms with Crippen molar-refractivity contribution in [2.24, 2.45) is 17.3 Å². The quantitative estimate of drug-likeness (QED) is 0.591. The summed E-state index contributed by atoms with van der Waals surface area (Å²) in [5, 5.41) is 32.6. The maximum Gasteiger partial charge on any atom is 0.0659 e. The Kier molecular flexibility index (Phi) is 3.41. The Labute approximate surface area is 115 Å². The number of hydrogen-bond donors (Lipinski definition) is 4. The van der Waals surface area contributed by atoms with E-state index in [9.17, 15) is 15.3 Å². The molecule has 4 rings (SSSR count). The number of nitrogens with one attached hydrogen (secondary N) is 1. The van der Waals surface area contributed by atoms with E-state index < -0.39 is 5.60 Å². The molecule has 0 aliphatic heterocycles. The van der Waals surface area contributed by atoms with E-state index in [1.54, 1.807) is 0 Å². The summed E-state index contributed by atoms with van der Waals surface area (Å²) in [5.41, 5.74) is -0.268. The highest BCUT2D eigenvalue weighted by Gasteiger charge is 2.58. The highest BCUT2D eigenvalue weighted by molar-refractivity contribution is 5.11. The molecule has 4 heteroatoms. The Morgan fingerprint density at radius 2 is 1.68 bits per heavy atom. The molecule has 0 radical (unpaired) electrons. The third kappa shape index (κ3) is 2.33. The molecule has 0 spiro atoms. The van der Waals surface area contributed by atoms with Gasteiger partial charge in [0.05, 0.1) is 24.9 Å². The normalized spacial score (nSPS) is 45.9. The predicted octanol–water partition coefficient (Wildman–Crippen LogP) is 0.649. The van der Waals surface area contributed by atoms with Crippen LogP contribution in [0.2, 0.25) is 0 Å². The van der Waals surface area contributed by atoms with Gasteiger partial charge in [-0.2, -0.15) is 0 Å². The van der Waals surface area contributed by atoms with Crippen LogP contribution >= 0.6 is 0 Å². The molecular weight excluding hydrogens is 242 g/mol. The Bertz CT molecular complexity index is 328. The van der Waals surface area contributed by atoms with Gasteiger partial charge < -0.3 is 20.6 Å². The van der Waals surface area contributed by atoms with Crippen LogP contribution in [0, 0.1) is 17.3 Å². The minimum atomic E-state index is -0.437. The van der Waals surface area contributed by atoms with Gasteiger partial charge in [-0.15, -0.1) is 0 Å². The number of hydrogen-bond acceptors (Lipinski definition) is 4. The van der Waals surface area contributed by atoms with Gasteiger partial charge in [-0.05, 0) is 62.7 Å². The third-order valence-electron chi connectivity index (χ3n) is 5.92. The van der Waals surface area contributed by atoms with E-state index >= 15 is 0 Å². The van der Waals surface area contributed by atoms with Crippen LogP contribution in [0.25, 0.3) is 0 Å². The summed E-state index contributed by atoms with van der Waals surface area (Å²) >= 11 is 0. The first-order valence-corrected chi connectivity index (χ1v) is 7.69. The van der Waals surface area contributed by atoms with Gasteiger partial charge in [0.25, 0.3) is 0 Å². The van der Waals surface area contributed by atoms with Crippen LogP contribution in [-0.2, 0) is 0 Å². The SMILES string of the molecule is C[C@@H](NC(CO)CO)C12C[C@@H]3C[C@@H](CC(O)(C3)C1)C2. The third-order valence-corrected chi connectivity index (χ3v) is 5.92. The molecule has 0 aromatic heterocycles. The summed E-state index contributed by atoms with van der Waals surface area (Å²) in [6.07, 6.45) is 6.56. The summed E-state index contributed by atoms with van der Waals surface area (Å²) in [5.74, 6) is 1.36. The number of aliphatic hydroxyl groups excluding tert-OH is 2. The molecule has 0 aromatic rings. The van der Waals surface area contributed by atoms with Crippen LogP contribution in [0.1, 0.15) is 45.4 Å². The van der Waals surface area contributed by atoms with Crippen molar-refractivity contribution >= 4 is 0 Å². The molecule has 19 heavy (non-hydrogen) atoms. The fourth-order valence-corrected chi connectivity index (χ4v) is 5.48. The topological polar surface area (TPSA) is 72.7 Å². The Hall–Kier alpha value is -0.160. The van der Waals surface area contributed by atoms with Gasteiger partial charge in [0.15, 0.2) is 0 Å². The number of aliphatic hydroxyl groups is 3. The molecule has 0 amide bonds. The van der Waals surface area contributed by atoms with E-state index in [1.165, 1.54) is 19.3 Å². The van der Waals surface area contributed by atoms with Crippen molar-refractivity contribution in [2.45, 2.75) is 63.1 Å². The smallest absolute Gasteiger partial charge is 0.0659 e. The molecule has 0 aromatic carbocycles. The molecule has 4 aliphatic rings. The van der Waals surface area contributed by atoms with Crippen molar-refractivity contribution in [3.63, 3.8) is 0 Å². The molecule has 4 N–H and O–H groups in total. The van der Waals surface area contributed by atoms with Crippen molar-refractivity contribution in [1.29, 1.82) is 0 Å². The molecule has 2 unspecified atom stereocenters. The van der Waals surface area contributed by atoms with Gasteiger partial charge in [-0.3, -0.25) is 0 Å². The predicted molar refractivity (Wildman–Crippen MR) is 72.6 cm³/mol. The lowest BCUT2D eigenvalue weighted by molar-refractivity contribution is -0.173. The van der Waals surface area contributed by atoms with Gasteiger partial charge in [0, 0.05) is 6.04 Å². The van der Waals surface area contributed by atoms with Crippen LogP contribution in [0.5, 0.6) is 0 Å². The second-order valence-electron chi connectivity index (χ2n) is 7.50. The van der Waals surface area contributed by atoms with E-state index in [1.807, 2.05) is 0 Å². The average Bonchev–Trinajstić information content (AvgIpc) is 2.32. The summed E-state index contributed by atoms with van der Waals surface area (Å²) in [7, 11) is 0. The second kappa shape index (κ2) is 4.69. The molecule has 0 heterocycles. The maximum absolute atomic E-state index is 10.7. The van der Waals surface area contributed by atoms with Crippen LogP contribution in [0.3, 0.4) is 0 Å². The van der Waals surface area contributed by atoms with Crippen LogP contribution < -0.4 is 5.32 Å². The summed E-state index contributed by atoms with van der Waals surface area (Å²) in [6.45, 7) is 2.09. The number of rotatable bonds is 5. The summed E-state index contributed by atoms with van der Waals surface area (Å²) < 4.78 is 0. The fraction of sp³-hybridized carbons (Fsp3) is 1.00. The summed E-state index contributed by atoms with van der Waals surface area (Å²) in [4.78, 5) is 0. The van der Waals surface area contributed by atoms with Gasteiger partial charge in [0.1, 0.15) is 0 Å². The lowest BCUT2D eigenvalue weighted by Gasteiger charge is -2.62. The van der Waals surface area contributed by atoms with Crippen molar-refractivity contribution in [1.82, 2.24) is 5.32 Å². The Morgan fingerprint density at radius 3 is 2.16 bits per heavy atom. The van der Waals surface area contributed by atoms with Gasteiger partial charge in [-0.25, -0.2) is 0 Å². The van der Waals surface area contributed by atoms with Crippen molar-refractivity contribution in [3.05, 3.63) is 0 Å². The van der Waals surface area contributed by atoms with E-state index in [0.717, 1.165) is 19.3 Å². The fourth-order valence-electron chi connectivity index (χ4n) is 5.48. The average molecular weight is 269 g/mol. The zero-order valence-corrected chi connectivity index (χ0v) is 11.8. The van der Waals surface area contributed by atoms with Gasteiger partial charge >= 0.3 is 0 Å². The van der Waals surface area contributed by atoms with E-state index in [2.05, 4.69) is 12.2 Å². The first-order chi connectivity index (χ1) is 8.98. The lowest BCUT2D eigenvalue weighted by Crippen LogP contribution is -2.62. The van der Waals surface area contributed by atoms with Crippen molar-refractivity contribution in [2.75, 3.05) is 13.2 Å². The minimum absolute atomic E-state index is 0.0337. The van der Waals surface area contributed by atoms with Crippen LogP contribution in [-0.4, -0.2) is 46.2 Å². The van der Waals surface area contributed by atoms with Crippen LogP contribution in [0.15, 0.2) is 0 Å². The van der Waals surface area contributed by atoms with Crippen LogP contribution in [0.4, 0.5) is 0 Å². The Morgan fingerprint density at radius 1 is 1.11 bits per heavy atom. The molecule has 0 saturated heterocycles. The molecule has 110 valence electrons. The molecule has 4 nitrogen and oxygen atoms in total. The van der Waals surface area contributed by atoms with Gasteiger partial charge in [-0.1, -0.05) is 0 Å². The molecule has 4 saturated carbocycles. The molecule has 4 bridgehead atoms. The highest BCUT2D eigenvalue weighted by Crippen LogP contribution is 2.62. The highest BCUT2D eigenvalue weighted by atomic mass is 16.3. The first-order valence-electron chi connectivity index (χ1n) is 7.69. The zero-order chi connectivity index (χ0) is 13.7. The molecule has 5 atom stereocenters. The minimum Gasteiger partial charge on any atom is -0.395 e. The molecule has 4 fully saturated rings. The summed E-state index contributed by atoms with van der Waals surface area (Å²) in [6, 6.07) is 0.00636. The largest absolute Gasteiger partial charge is 0.395 e. The zero-order valence-electron chi connectivity index (χ0n) is 11.8. The lowest BCUT2D eigenvalue weighted by atomic mass is 9.46. The van der Waals surface area contributed by atoms with E-state index in [-0.39, 0.29) is 30.7 Å².